The molecule has 1 aromatic heterocycles. The summed E-state index contributed by atoms with van der Waals surface area (Å²) < 4.78 is 10.4. The first-order chi connectivity index (χ1) is 9.72. The molecule has 20 heavy (non-hydrogen) atoms. The Bertz CT molecular complexity index is 556. The third kappa shape index (κ3) is 3.54. The fourth-order valence-corrected chi connectivity index (χ4v) is 1.75. The summed E-state index contributed by atoms with van der Waals surface area (Å²) in [5.41, 5.74) is 1.62. The number of benzene rings is 1. The first kappa shape index (κ1) is 14.0. The molecule has 0 saturated carbocycles. The van der Waals surface area contributed by atoms with Crippen molar-refractivity contribution in [1.29, 1.82) is 0 Å². The van der Waals surface area contributed by atoms with Gasteiger partial charge in [-0.2, -0.15) is 0 Å². The molecule has 0 unspecified atom stereocenters. The number of pyridine rings is 1. The van der Waals surface area contributed by atoms with Crippen LogP contribution in [0.1, 0.15) is 12.5 Å². The minimum atomic E-state index is 0.234. The van der Waals surface area contributed by atoms with E-state index in [-0.39, 0.29) is 5.75 Å². The number of anilines is 1. The fraction of sp³-hybridized carbons (Fsp3) is 0.267. The van der Waals surface area contributed by atoms with E-state index in [1.165, 1.54) is 0 Å². The van der Waals surface area contributed by atoms with Gasteiger partial charge in [0.2, 0.25) is 5.88 Å². The van der Waals surface area contributed by atoms with Crippen LogP contribution in [0.4, 0.5) is 5.69 Å². The maximum absolute atomic E-state index is 9.79. The van der Waals surface area contributed by atoms with Crippen LogP contribution in [-0.2, 0) is 6.54 Å². The Kier molecular flexibility index (Phi) is 4.65. The molecular formula is C15H18N2O3. The zero-order valence-corrected chi connectivity index (χ0v) is 11.6. The number of aromatic nitrogens is 1. The first-order valence-corrected chi connectivity index (χ1v) is 6.41. The van der Waals surface area contributed by atoms with Gasteiger partial charge in [0, 0.05) is 18.2 Å². The standard InChI is InChI=1S/C15H18N2O3/c1-3-20-15-7-4-12(10-17-15)16-9-11-8-13(19-2)5-6-14(11)18/h4-8,10,16,18H,3,9H2,1-2H3. The van der Waals surface area contributed by atoms with E-state index in [1.807, 2.05) is 13.0 Å². The fourth-order valence-electron chi connectivity index (χ4n) is 1.75. The van der Waals surface area contributed by atoms with Crippen molar-refractivity contribution in [3.63, 3.8) is 0 Å². The summed E-state index contributed by atoms with van der Waals surface area (Å²) in [6, 6.07) is 8.82. The van der Waals surface area contributed by atoms with Crippen molar-refractivity contribution >= 4 is 5.69 Å². The molecule has 0 amide bonds. The molecule has 106 valence electrons. The summed E-state index contributed by atoms with van der Waals surface area (Å²) in [6.07, 6.45) is 1.70. The van der Waals surface area contributed by atoms with Crippen molar-refractivity contribution in [3.8, 4) is 17.4 Å². The van der Waals surface area contributed by atoms with Crippen molar-refractivity contribution in [3.05, 3.63) is 42.1 Å². The van der Waals surface area contributed by atoms with Crippen molar-refractivity contribution in [2.24, 2.45) is 0 Å². The normalized spacial score (nSPS) is 10.1. The molecule has 0 aliphatic heterocycles. The van der Waals surface area contributed by atoms with Gasteiger partial charge in [0.05, 0.1) is 25.6 Å². The van der Waals surface area contributed by atoms with E-state index in [4.69, 9.17) is 9.47 Å². The monoisotopic (exact) mass is 274 g/mol. The van der Waals surface area contributed by atoms with Crippen LogP contribution < -0.4 is 14.8 Å². The van der Waals surface area contributed by atoms with Crippen LogP contribution in [0.5, 0.6) is 17.4 Å². The lowest BCUT2D eigenvalue weighted by Crippen LogP contribution is -2.01. The number of hydrogen-bond donors (Lipinski definition) is 2. The Morgan fingerprint density at radius 2 is 2.10 bits per heavy atom. The maximum Gasteiger partial charge on any atom is 0.213 e. The van der Waals surface area contributed by atoms with E-state index < -0.39 is 0 Å². The highest BCUT2D eigenvalue weighted by molar-refractivity contribution is 5.46. The van der Waals surface area contributed by atoms with Gasteiger partial charge in [0.25, 0.3) is 0 Å². The van der Waals surface area contributed by atoms with Gasteiger partial charge in [-0.15, -0.1) is 0 Å². The summed E-state index contributed by atoms with van der Waals surface area (Å²) in [5, 5.41) is 13.0. The van der Waals surface area contributed by atoms with Crippen molar-refractivity contribution < 1.29 is 14.6 Å². The predicted molar refractivity (Wildman–Crippen MR) is 77.4 cm³/mol. The summed E-state index contributed by atoms with van der Waals surface area (Å²) in [4.78, 5) is 4.16. The summed E-state index contributed by atoms with van der Waals surface area (Å²) in [7, 11) is 1.60. The SMILES string of the molecule is CCOc1ccc(NCc2cc(OC)ccc2O)cn1. The van der Waals surface area contributed by atoms with Crippen molar-refractivity contribution in [2.45, 2.75) is 13.5 Å². The number of ether oxygens (including phenoxy) is 2. The minimum absolute atomic E-state index is 0.234. The Morgan fingerprint density at radius 1 is 1.25 bits per heavy atom. The largest absolute Gasteiger partial charge is 0.508 e. The van der Waals surface area contributed by atoms with Gasteiger partial charge in [-0.25, -0.2) is 4.98 Å². The number of phenols is 1. The molecule has 0 fully saturated rings. The molecule has 0 aliphatic carbocycles. The van der Waals surface area contributed by atoms with Crippen LogP contribution in [0.15, 0.2) is 36.5 Å². The van der Waals surface area contributed by atoms with E-state index in [1.54, 1.807) is 37.6 Å². The molecule has 0 atom stereocenters. The zero-order valence-electron chi connectivity index (χ0n) is 11.6. The summed E-state index contributed by atoms with van der Waals surface area (Å²) in [5.74, 6) is 1.55. The van der Waals surface area contributed by atoms with E-state index in [0.717, 1.165) is 11.3 Å². The highest BCUT2D eigenvalue weighted by atomic mass is 16.5. The number of nitrogens with zero attached hydrogens (tertiary/aromatic N) is 1. The molecule has 0 spiro atoms. The van der Waals surface area contributed by atoms with Gasteiger partial charge >= 0.3 is 0 Å². The van der Waals surface area contributed by atoms with Crippen LogP contribution in [0, 0.1) is 0 Å². The number of rotatable bonds is 6. The molecule has 0 aliphatic rings. The summed E-state index contributed by atoms with van der Waals surface area (Å²) in [6.45, 7) is 3.00. The topological polar surface area (TPSA) is 63.6 Å². The Morgan fingerprint density at radius 3 is 2.75 bits per heavy atom. The molecule has 5 heteroatoms. The minimum Gasteiger partial charge on any atom is -0.508 e. The average molecular weight is 274 g/mol. The highest BCUT2D eigenvalue weighted by Crippen LogP contribution is 2.23. The van der Waals surface area contributed by atoms with Gasteiger partial charge < -0.3 is 19.9 Å². The van der Waals surface area contributed by atoms with Gasteiger partial charge in [0.1, 0.15) is 11.5 Å². The molecule has 0 radical (unpaired) electrons. The summed E-state index contributed by atoms with van der Waals surface area (Å²) >= 11 is 0. The smallest absolute Gasteiger partial charge is 0.213 e. The van der Waals surface area contributed by atoms with Crippen molar-refractivity contribution in [1.82, 2.24) is 4.98 Å². The van der Waals surface area contributed by atoms with Gasteiger partial charge in [0.15, 0.2) is 0 Å². The predicted octanol–water partition coefficient (Wildman–Crippen LogP) is 2.81. The number of methoxy groups -OCH3 is 1. The van der Waals surface area contributed by atoms with E-state index in [0.29, 0.717) is 24.8 Å². The van der Waals surface area contributed by atoms with E-state index in [2.05, 4.69) is 10.3 Å². The van der Waals surface area contributed by atoms with Crippen LogP contribution in [0.3, 0.4) is 0 Å². The third-order valence-electron chi connectivity index (χ3n) is 2.80. The van der Waals surface area contributed by atoms with Crippen LogP contribution >= 0.6 is 0 Å². The lowest BCUT2D eigenvalue weighted by Gasteiger charge is -2.10. The van der Waals surface area contributed by atoms with Gasteiger partial charge in [-0.3, -0.25) is 0 Å². The Hall–Kier alpha value is -2.43. The molecule has 2 N–H and O–H groups in total. The first-order valence-electron chi connectivity index (χ1n) is 6.41. The van der Waals surface area contributed by atoms with Gasteiger partial charge in [-0.1, -0.05) is 0 Å². The molecule has 5 nitrogen and oxygen atoms in total. The molecule has 0 saturated heterocycles. The van der Waals surface area contributed by atoms with Crippen LogP contribution in [0.25, 0.3) is 0 Å². The second-order valence-corrected chi connectivity index (χ2v) is 4.17. The lowest BCUT2D eigenvalue weighted by molar-refractivity contribution is 0.327. The second-order valence-electron chi connectivity index (χ2n) is 4.17. The molecule has 1 aromatic carbocycles. The number of nitrogens with one attached hydrogen (secondary N) is 1. The van der Waals surface area contributed by atoms with Crippen LogP contribution in [0.2, 0.25) is 0 Å². The van der Waals surface area contributed by atoms with Crippen molar-refractivity contribution in [2.75, 3.05) is 19.0 Å². The average Bonchev–Trinajstić information content (AvgIpc) is 2.48. The molecule has 2 aromatic rings. The number of hydrogen-bond acceptors (Lipinski definition) is 5. The quantitative estimate of drug-likeness (QED) is 0.848. The number of phenolic OH excluding ortho intramolecular Hbond substituents is 1. The van der Waals surface area contributed by atoms with Crippen LogP contribution in [-0.4, -0.2) is 23.8 Å². The van der Waals surface area contributed by atoms with E-state index >= 15 is 0 Å². The number of aromatic hydroxyl groups is 1. The lowest BCUT2D eigenvalue weighted by atomic mass is 10.2. The Balaban J connectivity index is 2.01. The maximum atomic E-state index is 9.79. The zero-order chi connectivity index (χ0) is 14.4. The molecule has 1 heterocycles. The molecule has 0 bridgehead atoms. The van der Waals surface area contributed by atoms with Gasteiger partial charge in [-0.05, 0) is 31.2 Å². The van der Waals surface area contributed by atoms with E-state index in [9.17, 15) is 5.11 Å². The highest BCUT2D eigenvalue weighted by Gasteiger charge is 2.03. The third-order valence-corrected chi connectivity index (χ3v) is 2.80. The second kappa shape index (κ2) is 6.65. The molecule has 2 rings (SSSR count). The molecular weight excluding hydrogens is 256 g/mol. The Labute approximate surface area is 118 Å².